The van der Waals surface area contributed by atoms with E-state index in [9.17, 15) is 4.39 Å². The zero-order valence-electron chi connectivity index (χ0n) is 9.36. The van der Waals surface area contributed by atoms with E-state index in [4.69, 9.17) is 26.8 Å². The van der Waals surface area contributed by atoms with E-state index in [0.29, 0.717) is 0 Å². The normalized spacial score (nSPS) is 12.7. The second-order valence-corrected chi connectivity index (χ2v) is 4.25. The van der Waals surface area contributed by atoms with Gasteiger partial charge in [-0.15, -0.1) is 0 Å². The summed E-state index contributed by atoms with van der Waals surface area (Å²) in [6.45, 7) is 0.0299. The number of hydrogen-bond acceptors (Lipinski definition) is 3. The molecule has 1 aromatic carbocycles. The number of benzene rings is 1. The van der Waals surface area contributed by atoms with Crippen LogP contribution in [-0.2, 0) is 4.74 Å². The highest BCUT2D eigenvalue weighted by Crippen LogP contribution is 2.20. The van der Waals surface area contributed by atoms with Gasteiger partial charge in [0.2, 0.25) is 0 Å². The molecule has 0 amide bonds. The van der Waals surface area contributed by atoms with Gasteiger partial charge in [0.1, 0.15) is 18.3 Å². The second-order valence-electron chi connectivity index (χ2n) is 3.00. The SMILES string of the molecule is COCN=C(N=C(N)Br)Oc1cc(F)cc(Cl)c1. The van der Waals surface area contributed by atoms with Gasteiger partial charge in [-0.05, 0) is 28.1 Å². The van der Waals surface area contributed by atoms with Crippen molar-refractivity contribution in [3.63, 3.8) is 0 Å². The summed E-state index contributed by atoms with van der Waals surface area (Å²) in [7, 11) is 1.46. The molecule has 0 spiro atoms. The molecule has 0 bridgehead atoms. The van der Waals surface area contributed by atoms with Crippen LogP contribution in [0.2, 0.25) is 5.02 Å². The van der Waals surface area contributed by atoms with Gasteiger partial charge in [0.15, 0.2) is 4.74 Å². The predicted octanol–water partition coefficient (Wildman–Crippen LogP) is 2.53. The Labute approximate surface area is 117 Å². The minimum Gasteiger partial charge on any atom is -0.424 e. The van der Waals surface area contributed by atoms with Crippen molar-refractivity contribution in [3.8, 4) is 5.75 Å². The lowest BCUT2D eigenvalue weighted by Crippen LogP contribution is -2.12. The lowest BCUT2D eigenvalue weighted by atomic mass is 10.3. The highest BCUT2D eigenvalue weighted by atomic mass is 79.9. The number of amidine groups is 2. The lowest BCUT2D eigenvalue weighted by molar-refractivity contribution is 0.207. The summed E-state index contributed by atoms with van der Waals surface area (Å²) in [6.07, 6.45) is 0. The summed E-state index contributed by atoms with van der Waals surface area (Å²) >= 11 is 8.62. The van der Waals surface area contributed by atoms with E-state index in [1.165, 1.54) is 13.2 Å². The molecule has 0 aliphatic carbocycles. The Morgan fingerprint density at radius 2 is 2.22 bits per heavy atom. The summed E-state index contributed by atoms with van der Waals surface area (Å²) in [5.41, 5.74) is 5.34. The molecule has 0 aromatic heterocycles. The van der Waals surface area contributed by atoms with Crippen molar-refractivity contribution in [2.45, 2.75) is 0 Å². The average molecular weight is 339 g/mol. The number of aliphatic imine (C=N–C) groups is 2. The van der Waals surface area contributed by atoms with Gasteiger partial charge in [0.05, 0.1) is 0 Å². The van der Waals surface area contributed by atoms with E-state index < -0.39 is 5.82 Å². The molecule has 98 valence electrons. The van der Waals surface area contributed by atoms with Crippen LogP contribution in [0.1, 0.15) is 0 Å². The topological polar surface area (TPSA) is 69.2 Å². The first-order chi connectivity index (χ1) is 8.51. The molecule has 0 heterocycles. The van der Waals surface area contributed by atoms with Crippen LogP contribution in [0.5, 0.6) is 5.75 Å². The zero-order valence-corrected chi connectivity index (χ0v) is 11.7. The molecule has 5 nitrogen and oxygen atoms in total. The molecule has 8 heteroatoms. The fourth-order valence-electron chi connectivity index (χ4n) is 0.994. The number of methoxy groups -OCH3 is 1. The maximum Gasteiger partial charge on any atom is 0.322 e. The molecule has 1 rings (SSSR count). The van der Waals surface area contributed by atoms with Crippen molar-refractivity contribution in [2.75, 3.05) is 13.8 Å². The van der Waals surface area contributed by atoms with Crippen LogP contribution in [0.25, 0.3) is 0 Å². The van der Waals surface area contributed by atoms with Gasteiger partial charge >= 0.3 is 6.02 Å². The van der Waals surface area contributed by atoms with Crippen molar-refractivity contribution in [3.05, 3.63) is 29.0 Å². The van der Waals surface area contributed by atoms with E-state index in [2.05, 4.69) is 25.9 Å². The van der Waals surface area contributed by atoms with Gasteiger partial charge in [-0.2, -0.15) is 4.99 Å². The first kappa shape index (κ1) is 14.9. The van der Waals surface area contributed by atoms with Gasteiger partial charge in [0, 0.05) is 18.2 Å². The quantitative estimate of drug-likeness (QED) is 0.523. The van der Waals surface area contributed by atoms with Crippen LogP contribution in [0.15, 0.2) is 28.2 Å². The van der Waals surface area contributed by atoms with Crippen LogP contribution in [0.4, 0.5) is 4.39 Å². The molecule has 18 heavy (non-hydrogen) atoms. The Balaban J connectivity index is 2.92. The number of nitrogens with two attached hydrogens (primary N) is 1. The highest BCUT2D eigenvalue weighted by Gasteiger charge is 2.05. The number of rotatable bonds is 3. The first-order valence-corrected chi connectivity index (χ1v) is 5.85. The molecule has 0 saturated carbocycles. The maximum atomic E-state index is 13.1. The van der Waals surface area contributed by atoms with E-state index in [-0.39, 0.29) is 28.3 Å². The van der Waals surface area contributed by atoms with Gasteiger partial charge < -0.3 is 15.2 Å². The summed E-state index contributed by atoms with van der Waals surface area (Å²) < 4.78 is 23.1. The summed E-state index contributed by atoms with van der Waals surface area (Å²) in [5, 5.41) is 0.201. The van der Waals surface area contributed by atoms with E-state index in [0.717, 1.165) is 12.1 Å². The van der Waals surface area contributed by atoms with Crippen molar-refractivity contribution in [2.24, 2.45) is 15.7 Å². The highest BCUT2D eigenvalue weighted by molar-refractivity contribution is 9.18. The minimum atomic E-state index is -0.528. The van der Waals surface area contributed by atoms with Gasteiger partial charge in [-0.25, -0.2) is 9.38 Å². The van der Waals surface area contributed by atoms with Crippen LogP contribution in [0, 0.1) is 5.82 Å². The van der Waals surface area contributed by atoms with Crippen LogP contribution >= 0.6 is 27.5 Å². The lowest BCUT2D eigenvalue weighted by Gasteiger charge is -2.05. The second kappa shape index (κ2) is 7.30. The Morgan fingerprint density at radius 3 is 2.78 bits per heavy atom. The predicted molar refractivity (Wildman–Crippen MR) is 71.9 cm³/mol. The molecular formula is C10H10BrClFN3O2. The monoisotopic (exact) mass is 337 g/mol. The fraction of sp³-hybridized carbons (Fsp3) is 0.200. The number of nitrogens with zero attached hydrogens (tertiary/aromatic N) is 2. The number of ether oxygens (including phenoxy) is 2. The largest absolute Gasteiger partial charge is 0.424 e. The summed E-state index contributed by atoms with van der Waals surface area (Å²) in [6, 6.07) is 3.65. The average Bonchev–Trinajstić information content (AvgIpc) is 2.23. The van der Waals surface area contributed by atoms with Crippen molar-refractivity contribution in [1.82, 2.24) is 0 Å². The smallest absolute Gasteiger partial charge is 0.322 e. The Kier molecular flexibility index (Phi) is 6.03. The van der Waals surface area contributed by atoms with Crippen molar-refractivity contribution in [1.29, 1.82) is 0 Å². The third kappa shape index (κ3) is 5.44. The van der Waals surface area contributed by atoms with Crippen LogP contribution in [-0.4, -0.2) is 24.6 Å². The van der Waals surface area contributed by atoms with E-state index in [1.54, 1.807) is 0 Å². The molecule has 0 unspecified atom stereocenters. The molecule has 0 atom stereocenters. The molecule has 0 aliphatic heterocycles. The third-order valence-electron chi connectivity index (χ3n) is 1.58. The van der Waals surface area contributed by atoms with Gasteiger partial charge in [0.25, 0.3) is 0 Å². The molecule has 0 fully saturated rings. The van der Waals surface area contributed by atoms with Crippen molar-refractivity contribution < 1.29 is 13.9 Å². The molecular weight excluding hydrogens is 328 g/mol. The maximum absolute atomic E-state index is 13.1. The van der Waals surface area contributed by atoms with E-state index >= 15 is 0 Å². The number of halogens is 3. The molecule has 0 aliphatic rings. The van der Waals surface area contributed by atoms with Gasteiger partial charge in [-0.3, -0.25) is 0 Å². The Morgan fingerprint density at radius 1 is 1.50 bits per heavy atom. The first-order valence-electron chi connectivity index (χ1n) is 4.68. The third-order valence-corrected chi connectivity index (χ3v) is 1.97. The minimum absolute atomic E-state index is 0.0299. The Hall–Kier alpha value is -1.18. The van der Waals surface area contributed by atoms with Crippen LogP contribution < -0.4 is 10.5 Å². The summed E-state index contributed by atoms with van der Waals surface area (Å²) in [4.78, 5) is 7.61. The molecule has 2 N–H and O–H groups in total. The Bertz CT molecular complexity index is 458. The van der Waals surface area contributed by atoms with Crippen molar-refractivity contribution >= 4 is 38.3 Å². The molecule has 0 radical (unpaired) electrons. The van der Waals surface area contributed by atoms with E-state index in [1.807, 2.05) is 0 Å². The fourth-order valence-corrected chi connectivity index (χ4v) is 1.36. The molecule has 0 saturated heterocycles. The zero-order chi connectivity index (χ0) is 13.5. The standard InChI is InChI=1S/C10H10BrClFN3O2/c1-17-5-15-10(16-9(11)14)18-8-3-6(12)2-7(13)4-8/h2-4H,5H2,1H3,(H2,14,15,16). The van der Waals surface area contributed by atoms with Gasteiger partial charge in [-0.1, -0.05) is 11.6 Å². The number of hydrogen-bond donors (Lipinski definition) is 1. The summed E-state index contributed by atoms with van der Waals surface area (Å²) in [5.74, 6) is -0.369. The molecule has 1 aromatic rings. The van der Waals surface area contributed by atoms with Crippen LogP contribution in [0.3, 0.4) is 0 Å².